The van der Waals surface area contributed by atoms with Crippen molar-refractivity contribution in [3.8, 4) is 0 Å². The molecule has 94 valence electrons. The summed E-state index contributed by atoms with van der Waals surface area (Å²) in [6.07, 6.45) is 2.03. The van der Waals surface area contributed by atoms with Crippen molar-refractivity contribution >= 4 is 0 Å². The third kappa shape index (κ3) is 3.70. The minimum atomic E-state index is 0.369. The lowest BCUT2D eigenvalue weighted by molar-refractivity contribution is -0.0418. The Morgan fingerprint density at radius 1 is 1.19 bits per heavy atom. The van der Waals surface area contributed by atoms with Gasteiger partial charge in [0.2, 0.25) is 0 Å². The number of hydrogen-bond acceptors (Lipinski definition) is 4. The number of nitrogens with one attached hydrogen (secondary N) is 1. The van der Waals surface area contributed by atoms with E-state index in [4.69, 9.17) is 4.74 Å². The molecule has 0 aromatic carbocycles. The molecule has 0 bridgehead atoms. The Morgan fingerprint density at radius 3 is 2.88 bits per heavy atom. The van der Waals surface area contributed by atoms with Crippen molar-refractivity contribution < 1.29 is 4.74 Å². The van der Waals surface area contributed by atoms with Gasteiger partial charge in [0.05, 0.1) is 12.2 Å². The molecule has 0 radical (unpaired) electrons. The van der Waals surface area contributed by atoms with Crippen LogP contribution in [0.1, 0.15) is 13.3 Å². The first-order valence-corrected chi connectivity index (χ1v) is 6.51. The third-order valence-electron chi connectivity index (χ3n) is 3.50. The predicted molar refractivity (Wildman–Crippen MR) is 65.8 cm³/mol. The normalized spacial score (nSPS) is 34.9. The molecule has 2 aliphatic heterocycles. The van der Waals surface area contributed by atoms with Crippen LogP contribution in [-0.2, 0) is 4.74 Å². The molecule has 2 atom stereocenters. The fourth-order valence-electron chi connectivity index (χ4n) is 2.55. The third-order valence-corrected chi connectivity index (χ3v) is 3.50. The van der Waals surface area contributed by atoms with Crippen molar-refractivity contribution in [1.82, 2.24) is 15.1 Å². The fraction of sp³-hybridized carbons (Fsp3) is 1.00. The topological polar surface area (TPSA) is 27.7 Å². The molecular weight excluding hydrogens is 202 g/mol. The van der Waals surface area contributed by atoms with Crippen molar-refractivity contribution in [2.45, 2.75) is 25.6 Å². The molecule has 0 aliphatic carbocycles. The molecule has 0 unspecified atom stereocenters. The van der Waals surface area contributed by atoms with Crippen molar-refractivity contribution in [2.75, 3.05) is 52.9 Å². The summed E-state index contributed by atoms with van der Waals surface area (Å²) in [6, 6.07) is 0. The molecule has 0 aromatic heterocycles. The zero-order chi connectivity index (χ0) is 11.4. The van der Waals surface area contributed by atoms with Crippen LogP contribution >= 0.6 is 0 Å². The van der Waals surface area contributed by atoms with E-state index in [1.165, 1.54) is 32.6 Å². The van der Waals surface area contributed by atoms with Crippen LogP contribution in [0.25, 0.3) is 0 Å². The zero-order valence-corrected chi connectivity index (χ0v) is 10.6. The van der Waals surface area contributed by atoms with Gasteiger partial charge in [-0.25, -0.2) is 0 Å². The summed E-state index contributed by atoms with van der Waals surface area (Å²) in [4.78, 5) is 4.97. The number of likely N-dealkylation sites (N-methyl/N-ethyl adjacent to an activating group) is 1. The second-order valence-corrected chi connectivity index (χ2v) is 5.18. The Bertz CT molecular complexity index is 212. The lowest BCUT2D eigenvalue weighted by Gasteiger charge is -2.32. The summed E-state index contributed by atoms with van der Waals surface area (Å²) < 4.78 is 5.94. The fourth-order valence-corrected chi connectivity index (χ4v) is 2.55. The summed E-state index contributed by atoms with van der Waals surface area (Å²) in [5.41, 5.74) is 0. The second-order valence-electron chi connectivity index (χ2n) is 5.18. The van der Waals surface area contributed by atoms with Crippen LogP contribution in [0, 0.1) is 0 Å². The van der Waals surface area contributed by atoms with Crippen LogP contribution in [0.2, 0.25) is 0 Å². The average molecular weight is 227 g/mol. The highest BCUT2D eigenvalue weighted by Gasteiger charge is 2.22. The lowest BCUT2D eigenvalue weighted by atomic mass is 10.2. The van der Waals surface area contributed by atoms with E-state index < -0.39 is 0 Å². The van der Waals surface area contributed by atoms with Gasteiger partial charge in [-0.3, -0.25) is 4.90 Å². The maximum absolute atomic E-state index is 5.94. The monoisotopic (exact) mass is 227 g/mol. The van der Waals surface area contributed by atoms with Gasteiger partial charge in [-0.2, -0.15) is 0 Å². The van der Waals surface area contributed by atoms with Crippen molar-refractivity contribution in [2.24, 2.45) is 0 Å². The standard InChI is InChI=1S/C12H25N3O/c1-11-8-13-9-12(16-11)10-15-5-3-4-14(2)6-7-15/h11-13H,3-10H2,1-2H3/t11-,12+/m1/s1. The van der Waals surface area contributed by atoms with Crippen molar-refractivity contribution in [3.63, 3.8) is 0 Å². The SMILES string of the molecule is C[C@@H]1CNC[C@@H](CN2CCCN(C)CC2)O1. The Balaban J connectivity index is 1.75. The highest BCUT2D eigenvalue weighted by molar-refractivity contribution is 4.77. The number of hydrogen-bond donors (Lipinski definition) is 1. The van der Waals surface area contributed by atoms with Gasteiger partial charge in [0.15, 0.2) is 0 Å². The molecule has 2 aliphatic rings. The minimum absolute atomic E-state index is 0.369. The number of morpholine rings is 1. The average Bonchev–Trinajstić information content (AvgIpc) is 2.44. The molecule has 2 saturated heterocycles. The van der Waals surface area contributed by atoms with E-state index in [2.05, 4.69) is 29.1 Å². The quantitative estimate of drug-likeness (QED) is 0.719. The molecule has 0 aromatic rings. The van der Waals surface area contributed by atoms with Gasteiger partial charge >= 0.3 is 0 Å². The lowest BCUT2D eigenvalue weighted by Crippen LogP contribution is -2.49. The first-order valence-electron chi connectivity index (χ1n) is 6.51. The molecular formula is C12H25N3O. The Kier molecular flexibility index (Phi) is 4.58. The summed E-state index contributed by atoms with van der Waals surface area (Å²) in [6.45, 7) is 10.1. The van der Waals surface area contributed by atoms with Gasteiger partial charge in [0.25, 0.3) is 0 Å². The highest BCUT2D eigenvalue weighted by atomic mass is 16.5. The van der Waals surface area contributed by atoms with Crippen molar-refractivity contribution in [1.29, 1.82) is 0 Å². The van der Waals surface area contributed by atoms with Gasteiger partial charge in [0, 0.05) is 32.7 Å². The molecule has 2 fully saturated rings. The van der Waals surface area contributed by atoms with Gasteiger partial charge in [-0.15, -0.1) is 0 Å². The maximum Gasteiger partial charge on any atom is 0.0830 e. The summed E-state index contributed by atoms with van der Waals surface area (Å²) in [5.74, 6) is 0. The van der Waals surface area contributed by atoms with E-state index in [1.807, 2.05) is 0 Å². The van der Waals surface area contributed by atoms with Crippen molar-refractivity contribution in [3.05, 3.63) is 0 Å². The summed E-state index contributed by atoms with van der Waals surface area (Å²) in [5, 5.41) is 3.44. The van der Waals surface area contributed by atoms with Crippen LogP contribution in [0.4, 0.5) is 0 Å². The maximum atomic E-state index is 5.94. The Hall–Kier alpha value is -0.160. The van der Waals surface area contributed by atoms with Gasteiger partial charge < -0.3 is 15.0 Å². The van der Waals surface area contributed by atoms with E-state index in [-0.39, 0.29) is 0 Å². The molecule has 0 amide bonds. The molecule has 2 rings (SSSR count). The van der Waals surface area contributed by atoms with Crippen LogP contribution in [0.5, 0.6) is 0 Å². The van der Waals surface area contributed by atoms with Gasteiger partial charge in [0.1, 0.15) is 0 Å². The van der Waals surface area contributed by atoms with Crippen LogP contribution in [0.3, 0.4) is 0 Å². The minimum Gasteiger partial charge on any atom is -0.371 e. The van der Waals surface area contributed by atoms with E-state index in [0.717, 1.165) is 19.6 Å². The van der Waals surface area contributed by atoms with Crippen LogP contribution in [0.15, 0.2) is 0 Å². The molecule has 2 heterocycles. The van der Waals surface area contributed by atoms with Gasteiger partial charge in [-0.05, 0) is 33.5 Å². The zero-order valence-electron chi connectivity index (χ0n) is 10.6. The Labute approximate surface area is 98.9 Å². The Morgan fingerprint density at radius 2 is 2.06 bits per heavy atom. The number of rotatable bonds is 2. The highest BCUT2D eigenvalue weighted by Crippen LogP contribution is 2.08. The summed E-state index contributed by atoms with van der Waals surface area (Å²) >= 11 is 0. The first kappa shape index (κ1) is 12.3. The molecule has 4 heteroatoms. The molecule has 4 nitrogen and oxygen atoms in total. The van der Waals surface area contributed by atoms with E-state index in [9.17, 15) is 0 Å². The molecule has 0 spiro atoms. The van der Waals surface area contributed by atoms with Crippen LogP contribution in [-0.4, -0.2) is 74.9 Å². The molecule has 1 N–H and O–H groups in total. The largest absolute Gasteiger partial charge is 0.371 e. The molecule has 0 saturated carbocycles. The predicted octanol–water partition coefficient (Wildman–Crippen LogP) is 0.000800. The first-order chi connectivity index (χ1) is 7.74. The summed E-state index contributed by atoms with van der Waals surface area (Å²) in [7, 11) is 2.21. The van der Waals surface area contributed by atoms with E-state index >= 15 is 0 Å². The smallest absolute Gasteiger partial charge is 0.0830 e. The van der Waals surface area contributed by atoms with E-state index in [1.54, 1.807) is 0 Å². The second kappa shape index (κ2) is 5.96. The van der Waals surface area contributed by atoms with Crippen LogP contribution < -0.4 is 5.32 Å². The van der Waals surface area contributed by atoms with E-state index in [0.29, 0.717) is 12.2 Å². The molecule has 16 heavy (non-hydrogen) atoms. The number of ether oxygens (including phenoxy) is 1. The van der Waals surface area contributed by atoms with Gasteiger partial charge in [-0.1, -0.05) is 0 Å². The number of nitrogens with zero attached hydrogens (tertiary/aromatic N) is 2.